The van der Waals surface area contributed by atoms with Crippen molar-refractivity contribution in [3.05, 3.63) is 27.8 Å². The highest BCUT2D eigenvalue weighted by Gasteiger charge is 1.99. The van der Waals surface area contributed by atoms with Crippen molar-refractivity contribution in [1.82, 2.24) is 0 Å². The Morgan fingerprint density at radius 2 is 2.00 bits per heavy atom. The standard InChI is InChI=1S/C12H15IO3/c13-10-6-3-4-7-11(10)16-9-5-1-2-8-12(14)15/h3-4,6-7H,1-2,5,8-9H2,(H,14,15). The highest BCUT2D eigenvalue weighted by atomic mass is 127. The fraction of sp³-hybridized carbons (Fsp3) is 0.417. The molecule has 0 aliphatic heterocycles. The lowest BCUT2D eigenvalue weighted by molar-refractivity contribution is -0.137. The quantitative estimate of drug-likeness (QED) is 0.615. The molecule has 0 aliphatic carbocycles. The van der Waals surface area contributed by atoms with E-state index in [0.717, 1.165) is 28.6 Å². The number of benzene rings is 1. The third-order valence-electron chi connectivity index (χ3n) is 2.13. The van der Waals surface area contributed by atoms with Gasteiger partial charge in [-0.15, -0.1) is 0 Å². The normalized spacial score (nSPS) is 10.1. The Bertz CT molecular complexity index is 339. The van der Waals surface area contributed by atoms with Gasteiger partial charge < -0.3 is 9.84 Å². The molecule has 0 radical (unpaired) electrons. The predicted octanol–water partition coefficient (Wildman–Crippen LogP) is 3.32. The molecule has 0 amide bonds. The minimum Gasteiger partial charge on any atom is -0.492 e. The number of para-hydroxylation sites is 1. The van der Waals surface area contributed by atoms with Crippen molar-refractivity contribution in [1.29, 1.82) is 0 Å². The molecule has 4 heteroatoms. The Kier molecular flexibility index (Phi) is 6.22. The molecule has 0 unspecified atom stereocenters. The van der Waals surface area contributed by atoms with E-state index in [2.05, 4.69) is 22.6 Å². The van der Waals surface area contributed by atoms with Crippen LogP contribution in [0.2, 0.25) is 0 Å². The zero-order chi connectivity index (χ0) is 11.8. The third-order valence-corrected chi connectivity index (χ3v) is 3.02. The number of rotatable bonds is 7. The lowest BCUT2D eigenvalue weighted by Crippen LogP contribution is -2.00. The van der Waals surface area contributed by atoms with Crippen LogP contribution in [0, 0.1) is 3.57 Å². The van der Waals surface area contributed by atoms with Crippen molar-refractivity contribution in [3.8, 4) is 5.75 Å². The number of aliphatic carboxylic acids is 1. The van der Waals surface area contributed by atoms with Crippen molar-refractivity contribution in [3.63, 3.8) is 0 Å². The van der Waals surface area contributed by atoms with E-state index < -0.39 is 5.97 Å². The van der Waals surface area contributed by atoms with E-state index >= 15 is 0 Å². The molecule has 0 saturated heterocycles. The largest absolute Gasteiger partial charge is 0.492 e. The third kappa shape index (κ3) is 5.34. The maximum absolute atomic E-state index is 10.3. The van der Waals surface area contributed by atoms with Gasteiger partial charge in [-0.2, -0.15) is 0 Å². The number of carboxylic acid groups (broad SMARTS) is 1. The molecular formula is C12H15IO3. The monoisotopic (exact) mass is 334 g/mol. The van der Waals surface area contributed by atoms with Gasteiger partial charge in [0.1, 0.15) is 5.75 Å². The summed E-state index contributed by atoms with van der Waals surface area (Å²) in [7, 11) is 0. The van der Waals surface area contributed by atoms with Crippen LogP contribution in [0.4, 0.5) is 0 Å². The number of halogens is 1. The maximum Gasteiger partial charge on any atom is 0.303 e. The Balaban J connectivity index is 2.12. The molecule has 0 heterocycles. The van der Waals surface area contributed by atoms with E-state index in [1.54, 1.807) is 0 Å². The van der Waals surface area contributed by atoms with Gasteiger partial charge in [-0.25, -0.2) is 0 Å². The highest BCUT2D eigenvalue weighted by molar-refractivity contribution is 14.1. The summed E-state index contributed by atoms with van der Waals surface area (Å²) in [6, 6.07) is 7.86. The molecule has 16 heavy (non-hydrogen) atoms. The molecule has 0 bridgehead atoms. The van der Waals surface area contributed by atoms with Crippen molar-refractivity contribution < 1.29 is 14.6 Å². The van der Waals surface area contributed by atoms with Crippen LogP contribution in [0.5, 0.6) is 5.75 Å². The molecule has 1 N–H and O–H groups in total. The van der Waals surface area contributed by atoms with E-state index in [1.807, 2.05) is 24.3 Å². The molecule has 0 aliphatic rings. The van der Waals surface area contributed by atoms with Gasteiger partial charge in [0, 0.05) is 6.42 Å². The molecule has 1 aromatic carbocycles. The first kappa shape index (κ1) is 13.3. The summed E-state index contributed by atoms with van der Waals surface area (Å²) < 4.78 is 6.69. The Morgan fingerprint density at radius 3 is 2.69 bits per heavy atom. The molecular weight excluding hydrogens is 319 g/mol. The van der Waals surface area contributed by atoms with Crippen molar-refractivity contribution >= 4 is 28.6 Å². The molecule has 3 nitrogen and oxygen atoms in total. The molecule has 1 aromatic rings. The molecule has 0 atom stereocenters. The van der Waals surface area contributed by atoms with Crippen LogP contribution in [0.15, 0.2) is 24.3 Å². The Hall–Kier alpha value is -0.780. The number of hydrogen-bond acceptors (Lipinski definition) is 2. The summed E-state index contributed by atoms with van der Waals surface area (Å²) in [5.74, 6) is 0.180. The first-order chi connectivity index (χ1) is 7.70. The minimum atomic E-state index is -0.724. The summed E-state index contributed by atoms with van der Waals surface area (Å²) in [6.45, 7) is 0.652. The molecule has 0 spiro atoms. The van der Waals surface area contributed by atoms with Gasteiger partial charge in [0.2, 0.25) is 0 Å². The Morgan fingerprint density at radius 1 is 1.25 bits per heavy atom. The number of unbranched alkanes of at least 4 members (excludes halogenated alkanes) is 2. The fourth-order valence-electron chi connectivity index (χ4n) is 1.30. The first-order valence-corrected chi connectivity index (χ1v) is 6.37. The van der Waals surface area contributed by atoms with Gasteiger partial charge in [0.15, 0.2) is 0 Å². The summed E-state index contributed by atoms with van der Waals surface area (Å²) in [5, 5.41) is 8.45. The number of hydrogen-bond donors (Lipinski definition) is 1. The molecule has 88 valence electrons. The molecule has 1 rings (SSSR count). The topological polar surface area (TPSA) is 46.5 Å². The zero-order valence-corrected chi connectivity index (χ0v) is 11.1. The van der Waals surface area contributed by atoms with E-state index in [4.69, 9.17) is 9.84 Å². The summed E-state index contributed by atoms with van der Waals surface area (Å²) in [4.78, 5) is 10.3. The van der Waals surface area contributed by atoms with Gasteiger partial charge in [-0.05, 0) is 54.0 Å². The van der Waals surface area contributed by atoms with Crippen molar-refractivity contribution in [2.24, 2.45) is 0 Å². The minimum absolute atomic E-state index is 0.253. The van der Waals surface area contributed by atoms with Crippen molar-refractivity contribution in [2.75, 3.05) is 6.61 Å². The van der Waals surface area contributed by atoms with Crippen LogP contribution >= 0.6 is 22.6 Å². The summed E-state index contributed by atoms with van der Waals surface area (Å²) in [6.07, 6.45) is 2.78. The molecule has 0 saturated carbocycles. The van der Waals surface area contributed by atoms with Gasteiger partial charge in [-0.1, -0.05) is 12.1 Å². The van der Waals surface area contributed by atoms with Gasteiger partial charge in [0.25, 0.3) is 0 Å². The summed E-state index contributed by atoms with van der Waals surface area (Å²) in [5.41, 5.74) is 0. The average molecular weight is 334 g/mol. The SMILES string of the molecule is O=C(O)CCCCCOc1ccccc1I. The number of ether oxygens (including phenoxy) is 1. The lowest BCUT2D eigenvalue weighted by Gasteiger charge is -2.07. The van der Waals surface area contributed by atoms with Crippen LogP contribution in [-0.2, 0) is 4.79 Å². The van der Waals surface area contributed by atoms with E-state index in [9.17, 15) is 4.79 Å². The number of carboxylic acids is 1. The molecule has 0 aromatic heterocycles. The number of carbonyl (C=O) groups is 1. The smallest absolute Gasteiger partial charge is 0.303 e. The van der Waals surface area contributed by atoms with E-state index in [1.165, 1.54) is 0 Å². The van der Waals surface area contributed by atoms with Crippen LogP contribution < -0.4 is 4.74 Å². The van der Waals surface area contributed by atoms with Gasteiger partial charge in [-0.3, -0.25) is 4.79 Å². The maximum atomic E-state index is 10.3. The van der Waals surface area contributed by atoms with E-state index in [0.29, 0.717) is 6.61 Å². The van der Waals surface area contributed by atoms with Gasteiger partial charge in [0.05, 0.1) is 10.2 Å². The van der Waals surface area contributed by atoms with Crippen LogP contribution in [-0.4, -0.2) is 17.7 Å². The predicted molar refractivity (Wildman–Crippen MR) is 70.8 cm³/mol. The van der Waals surface area contributed by atoms with Crippen LogP contribution in [0.25, 0.3) is 0 Å². The molecule has 0 fully saturated rings. The van der Waals surface area contributed by atoms with Crippen molar-refractivity contribution in [2.45, 2.75) is 25.7 Å². The van der Waals surface area contributed by atoms with Crippen LogP contribution in [0.1, 0.15) is 25.7 Å². The van der Waals surface area contributed by atoms with Gasteiger partial charge >= 0.3 is 5.97 Å². The second-order valence-corrected chi connectivity index (χ2v) is 4.65. The second kappa shape index (κ2) is 7.49. The average Bonchev–Trinajstić information content (AvgIpc) is 2.25. The Labute approximate surface area is 109 Å². The first-order valence-electron chi connectivity index (χ1n) is 5.29. The van der Waals surface area contributed by atoms with E-state index in [-0.39, 0.29) is 6.42 Å². The zero-order valence-electron chi connectivity index (χ0n) is 8.99. The fourth-order valence-corrected chi connectivity index (χ4v) is 1.84. The summed E-state index contributed by atoms with van der Waals surface area (Å²) >= 11 is 2.23. The highest BCUT2D eigenvalue weighted by Crippen LogP contribution is 2.19. The second-order valence-electron chi connectivity index (χ2n) is 3.48. The lowest BCUT2D eigenvalue weighted by atomic mass is 10.2. The van der Waals surface area contributed by atoms with Crippen LogP contribution in [0.3, 0.4) is 0 Å².